The predicted octanol–water partition coefficient (Wildman–Crippen LogP) is 3.04. The maximum atomic E-state index is 13.4. The molecule has 1 aromatic carbocycles. The van der Waals surface area contributed by atoms with E-state index in [1.807, 2.05) is 24.9 Å². The fourth-order valence-corrected chi connectivity index (χ4v) is 4.15. The van der Waals surface area contributed by atoms with Crippen LogP contribution in [0.5, 0.6) is 0 Å². The lowest BCUT2D eigenvalue weighted by Crippen LogP contribution is -2.48. The zero-order valence-corrected chi connectivity index (χ0v) is 14.1. The number of carbonyl (C=O) groups excluding carboxylic acids is 1. The lowest BCUT2D eigenvalue weighted by Gasteiger charge is -2.35. The number of hydrogen-bond acceptors (Lipinski definition) is 3. The molecule has 4 rings (SSSR count). The van der Waals surface area contributed by atoms with Crippen LogP contribution in [0.4, 0.5) is 4.39 Å². The van der Waals surface area contributed by atoms with Gasteiger partial charge in [0.25, 0.3) is 5.91 Å². The van der Waals surface area contributed by atoms with Gasteiger partial charge in [0, 0.05) is 36.6 Å². The largest absolute Gasteiger partial charge is 0.339 e. The molecule has 0 radical (unpaired) electrons. The van der Waals surface area contributed by atoms with Gasteiger partial charge in [0.15, 0.2) is 0 Å². The van der Waals surface area contributed by atoms with E-state index >= 15 is 0 Å². The molecule has 2 saturated heterocycles. The van der Waals surface area contributed by atoms with Crippen molar-refractivity contribution in [3.8, 4) is 0 Å². The van der Waals surface area contributed by atoms with E-state index in [-0.39, 0.29) is 17.8 Å². The predicted molar refractivity (Wildman–Crippen MR) is 91.5 cm³/mol. The standard InChI is InChI=1S/C19H22FN3O/c1-11-17(7-12-3-4-13(20)8-18(12)21-11)19(24)23(2)16-9-14-5-6-15(10-16)22-14/h3-4,7-8,14-16,22H,5-6,9-10H2,1-2H3. The van der Waals surface area contributed by atoms with Crippen molar-refractivity contribution in [2.24, 2.45) is 0 Å². The number of pyridine rings is 1. The highest BCUT2D eigenvalue weighted by atomic mass is 19.1. The average Bonchev–Trinajstić information content (AvgIpc) is 2.90. The second-order valence-corrected chi connectivity index (χ2v) is 7.14. The quantitative estimate of drug-likeness (QED) is 0.922. The van der Waals surface area contributed by atoms with E-state index in [1.165, 1.54) is 25.0 Å². The molecular formula is C19H22FN3O. The van der Waals surface area contributed by atoms with Crippen LogP contribution < -0.4 is 5.32 Å². The number of amides is 1. The summed E-state index contributed by atoms with van der Waals surface area (Å²) in [4.78, 5) is 19.3. The molecule has 2 unspecified atom stereocenters. The van der Waals surface area contributed by atoms with E-state index in [1.54, 1.807) is 6.07 Å². The van der Waals surface area contributed by atoms with Crippen LogP contribution in [0.15, 0.2) is 24.3 Å². The summed E-state index contributed by atoms with van der Waals surface area (Å²) in [5.41, 5.74) is 1.86. The summed E-state index contributed by atoms with van der Waals surface area (Å²) < 4.78 is 13.4. The molecule has 1 N–H and O–H groups in total. The number of nitrogens with zero attached hydrogens (tertiary/aromatic N) is 2. The minimum absolute atomic E-state index is 0.0116. The SMILES string of the molecule is Cc1nc2cc(F)ccc2cc1C(=O)N(C)C1CC2CCC(C1)N2. The highest BCUT2D eigenvalue weighted by Crippen LogP contribution is 2.30. The highest BCUT2D eigenvalue weighted by Gasteiger charge is 2.36. The van der Waals surface area contributed by atoms with Crippen molar-refractivity contribution in [3.63, 3.8) is 0 Å². The average molecular weight is 327 g/mol. The zero-order valence-electron chi connectivity index (χ0n) is 14.1. The molecule has 2 bridgehead atoms. The molecule has 3 heterocycles. The number of piperidine rings is 1. The van der Waals surface area contributed by atoms with Crippen LogP contribution >= 0.6 is 0 Å². The van der Waals surface area contributed by atoms with Crippen molar-refractivity contribution in [1.82, 2.24) is 15.2 Å². The molecule has 0 aliphatic carbocycles. The van der Waals surface area contributed by atoms with Crippen LogP contribution in [0.1, 0.15) is 41.7 Å². The molecule has 0 saturated carbocycles. The fourth-order valence-electron chi connectivity index (χ4n) is 4.15. The maximum absolute atomic E-state index is 13.4. The van der Waals surface area contributed by atoms with Gasteiger partial charge in [0.05, 0.1) is 16.8 Å². The summed E-state index contributed by atoms with van der Waals surface area (Å²) >= 11 is 0. The van der Waals surface area contributed by atoms with Crippen molar-refractivity contribution in [3.05, 3.63) is 41.3 Å². The highest BCUT2D eigenvalue weighted by molar-refractivity contribution is 5.98. The van der Waals surface area contributed by atoms with Crippen LogP contribution in [-0.4, -0.2) is 41.0 Å². The first-order valence-corrected chi connectivity index (χ1v) is 8.61. The van der Waals surface area contributed by atoms with Crippen LogP contribution in [0, 0.1) is 12.7 Å². The molecule has 2 atom stereocenters. The number of aromatic nitrogens is 1. The first-order chi connectivity index (χ1) is 11.5. The molecule has 126 valence electrons. The Labute approximate surface area is 141 Å². The Morgan fingerprint density at radius 1 is 1.25 bits per heavy atom. The summed E-state index contributed by atoms with van der Waals surface area (Å²) in [6, 6.07) is 7.70. The number of halogens is 1. The van der Waals surface area contributed by atoms with Crippen LogP contribution in [0.2, 0.25) is 0 Å². The van der Waals surface area contributed by atoms with E-state index < -0.39 is 0 Å². The molecule has 5 heteroatoms. The second kappa shape index (κ2) is 5.81. The molecule has 0 spiro atoms. The van der Waals surface area contributed by atoms with Crippen molar-refractivity contribution in [2.45, 2.75) is 50.7 Å². The molecule has 2 aliphatic rings. The molecule has 2 aromatic rings. The van der Waals surface area contributed by atoms with E-state index in [9.17, 15) is 9.18 Å². The summed E-state index contributed by atoms with van der Waals surface area (Å²) in [5.74, 6) is -0.298. The van der Waals surface area contributed by atoms with Gasteiger partial charge in [-0.3, -0.25) is 9.78 Å². The maximum Gasteiger partial charge on any atom is 0.255 e. The van der Waals surface area contributed by atoms with E-state index in [0.29, 0.717) is 28.9 Å². The lowest BCUT2D eigenvalue weighted by molar-refractivity contribution is 0.0680. The second-order valence-electron chi connectivity index (χ2n) is 7.14. The van der Waals surface area contributed by atoms with Gasteiger partial charge in [-0.1, -0.05) is 0 Å². The van der Waals surface area contributed by atoms with Crippen molar-refractivity contribution >= 4 is 16.8 Å². The van der Waals surface area contributed by atoms with Gasteiger partial charge < -0.3 is 10.2 Å². The number of hydrogen-bond donors (Lipinski definition) is 1. The van der Waals surface area contributed by atoms with Gasteiger partial charge in [0.1, 0.15) is 5.82 Å². The Hall–Kier alpha value is -2.01. The summed E-state index contributed by atoms with van der Waals surface area (Å²) in [6.45, 7) is 1.82. The smallest absolute Gasteiger partial charge is 0.255 e. The topological polar surface area (TPSA) is 45.2 Å². The molecule has 4 nitrogen and oxygen atoms in total. The number of carbonyl (C=O) groups is 1. The first-order valence-electron chi connectivity index (χ1n) is 8.61. The Bertz CT molecular complexity index is 795. The Morgan fingerprint density at radius 3 is 2.67 bits per heavy atom. The number of fused-ring (bicyclic) bond motifs is 3. The zero-order chi connectivity index (χ0) is 16.8. The molecular weight excluding hydrogens is 305 g/mol. The van der Waals surface area contributed by atoms with Crippen LogP contribution in [0.3, 0.4) is 0 Å². The molecule has 2 aliphatic heterocycles. The Morgan fingerprint density at radius 2 is 1.96 bits per heavy atom. The Balaban J connectivity index is 1.62. The lowest BCUT2D eigenvalue weighted by atomic mass is 9.97. The van der Waals surface area contributed by atoms with Gasteiger partial charge in [-0.25, -0.2) is 4.39 Å². The minimum atomic E-state index is -0.309. The minimum Gasteiger partial charge on any atom is -0.339 e. The fraction of sp³-hybridized carbons (Fsp3) is 0.474. The summed E-state index contributed by atoms with van der Waals surface area (Å²) in [6.07, 6.45) is 4.46. The van der Waals surface area contributed by atoms with Gasteiger partial charge in [0.2, 0.25) is 0 Å². The number of benzene rings is 1. The van der Waals surface area contributed by atoms with Crippen LogP contribution in [-0.2, 0) is 0 Å². The van der Waals surface area contributed by atoms with E-state index in [0.717, 1.165) is 18.2 Å². The van der Waals surface area contributed by atoms with Crippen molar-refractivity contribution < 1.29 is 9.18 Å². The molecule has 1 amide bonds. The van der Waals surface area contributed by atoms with E-state index in [2.05, 4.69) is 10.3 Å². The summed E-state index contributed by atoms with van der Waals surface area (Å²) in [7, 11) is 1.89. The van der Waals surface area contributed by atoms with Gasteiger partial charge >= 0.3 is 0 Å². The van der Waals surface area contributed by atoms with Gasteiger partial charge in [-0.05, 0) is 50.8 Å². The Kier molecular flexibility index (Phi) is 3.76. The van der Waals surface area contributed by atoms with Crippen molar-refractivity contribution in [2.75, 3.05) is 7.05 Å². The number of aryl methyl sites for hydroxylation is 1. The molecule has 1 aromatic heterocycles. The van der Waals surface area contributed by atoms with Gasteiger partial charge in [-0.2, -0.15) is 0 Å². The van der Waals surface area contributed by atoms with Crippen LogP contribution in [0.25, 0.3) is 10.9 Å². The third-order valence-corrected chi connectivity index (χ3v) is 5.52. The molecule has 24 heavy (non-hydrogen) atoms. The van der Waals surface area contributed by atoms with Crippen molar-refractivity contribution in [1.29, 1.82) is 0 Å². The first kappa shape index (κ1) is 15.5. The summed E-state index contributed by atoms with van der Waals surface area (Å²) in [5, 5.41) is 4.40. The third-order valence-electron chi connectivity index (χ3n) is 5.52. The third kappa shape index (κ3) is 2.67. The normalized spacial score (nSPS) is 25.9. The van der Waals surface area contributed by atoms with Gasteiger partial charge in [-0.15, -0.1) is 0 Å². The van der Waals surface area contributed by atoms with E-state index in [4.69, 9.17) is 0 Å². The molecule has 2 fully saturated rings. The number of rotatable bonds is 2. The monoisotopic (exact) mass is 327 g/mol. The number of nitrogens with one attached hydrogen (secondary N) is 1.